The molecule has 0 unspecified atom stereocenters. The van der Waals surface area contributed by atoms with Crippen LogP contribution in [0.5, 0.6) is 5.75 Å². The molecule has 0 aliphatic heterocycles. The maximum absolute atomic E-state index is 11.4. The lowest BCUT2D eigenvalue weighted by Gasteiger charge is -2.14. The fourth-order valence-electron chi connectivity index (χ4n) is 2.44. The lowest BCUT2D eigenvalue weighted by Crippen LogP contribution is -2.19. The summed E-state index contributed by atoms with van der Waals surface area (Å²) in [6.07, 6.45) is 1.30. The van der Waals surface area contributed by atoms with Crippen molar-refractivity contribution in [2.75, 3.05) is 0 Å². The van der Waals surface area contributed by atoms with Crippen LogP contribution in [0.1, 0.15) is 18.4 Å². The van der Waals surface area contributed by atoms with E-state index >= 15 is 0 Å². The highest BCUT2D eigenvalue weighted by atomic mass is 16.4. The summed E-state index contributed by atoms with van der Waals surface area (Å²) < 4.78 is 0. The van der Waals surface area contributed by atoms with Crippen molar-refractivity contribution in [2.24, 2.45) is 0 Å². The molecule has 1 aliphatic carbocycles. The summed E-state index contributed by atoms with van der Waals surface area (Å²) in [7, 11) is 0. The van der Waals surface area contributed by atoms with Gasteiger partial charge in [0.15, 0.2) is 0 Å². The zero-order valence-corrected chi connectivity index (χ0v) is 9.18. The van der Waals surface area contributed by atoms with E-state index in [0.717, 1.165) is 10.9 Å². The van der Waals surface area contributed by atoms with E-state index < -0.39 is 11.4 Å². The lowest BCUT2D eigenvalue weighted by atomic mass is 9.90. The summed E-state index contributed by atoms with van der Waals surface area (Å²) in [5.41, 5.74) is -0.0428. The average Bonchev–Trinajstić information content (AvgIpc) is 3.10. The van der Waals surface area contributed by atoms with Crippen LogP contribution < -0.4 is 0 Å². The van der Waals surface area contributed by atoms with Crippen molar-refractivity contribution >= 4 is 16.7 Å². The minimum absolute atomic E-state index is 0.158. The van der Waals surface area contributed by atoms with Crippen LogP contribution in [0.25, 0.3) is 10.8 Å². The number of carboxylic acids is 1. The molecule has 2 aromatic rings. The average molecular weight is 228 g/mol. The fraction of sp³-hybridized carbons (Fsp3) is 0.214. The van der Waals surface area contributed by atoms with Gasteiger partial charge in [0.2, 0.25) is 0 Å². The quantitative estimate of drug-likeness (QED) is 0.830. The first-order valence-corrected chi connectivity index (χ1v) is 5.60. The molecular weight excluding hydrogens is 216 g/mol. The first kappa shape index (κ1) is 10.1. The van der Waals surface area contributed by atoms with Gasteiger partial charge >= 0.3 is 5.97 Å². The van der Waals surface area contributed by atoms with Crippen LogP contribution in [0.4, 0.5) is 0 Å². The molecule has 0 bridgehead atoms. The van der Waals surface area contributed by atoms with E-state index in [1.165, 1.54) is 0 Å². The molecule has 0 spiro atoms. The number of aliphatic carboxylic acids is 1. The van der Waals surface area contributed by atoms with Gasteiger partial charge < -0.3 is 10.2 Å². The number of rotatable bonds is 2. The molecule has 3 heteroatoms. The molecule has 0 atom stereocenters. The number of phenolic OH excluding ortho intramolecular Hbond substituents is 1. The number of phenols is 1. The van der Waals surface area contributed by atoms with Gasteiger partial charge in [-0.15, -0.1) is 0 Å². The lowest BCUT2D eigenvalue weighted by molar-refractivity contribution is -0.139. The molecule has 1 fully saturated rings. The molecule has 17 heavy (non-hydrogen) atoms. The summed E-state index contributed by atoms with van der Waals surface area (Å²) >= 11 is 0. The summed E-state index contributed by atoms with van der Waals surface area (Å²) in [6.45, 7) is 0. The van der Waals surface area contributed by atoms with Gasteiger partial charge in [0.1, 0.15) is 5.75 Å². The molecule has 0 amide bonds. The minimum atomic E-state index is -0.798. The van der Waals surface area contributed by atoms with Crippen molar-refractivity contribution in [1.82, 2.24) is 0 Å². The van der Waals surface area contributed by atoms with Gasteiger partial charge in [-0.1, -0.05) is 30.3 Å². The number of carbonyl (C=O) groups is 1. The molecular formula is C14H12O3. The van der Waals surface area contributed by atoms with Gasteiger partial charge in [-0.3, -0.25) is 4.79 Å². The maximum Gasteiger partial charge on any atom is 0.314 e. The number of benzene rings is 2. The van der Waals surface area contributed by atoms with Crippen LogP contribution in [0.15, 0.2) is 36.4 Å². The van der Waals surface area contributed by atoms with Gasteiger partial charge in [-0.2, -0.15) is 0 Å². The van der Waals surface area contributed by atoms with Crippen LogP contribution in [0.2, 0.25) is 0 Å². The molecule has 86 valence electrons. The second-order valence-corrected chi connectivity index (χ2v) is 4.57. The summed E-state index contributed by atoms with van der Waals surface area (Å²) in [5.74, 6) is -0.640. The first-order valence-electron chi connectivity index (χ1n) is 5.60. The topological polar surface area (TPSA) is 57.5 Å². The van der Waals surface area contributed by atoms with Crippen LogP contribution in [-0.4, -0.2) is 16.2 Å². The second-order valence-electron chi connectivity index (χ2n) is 4.57. The third-order valence-corrected chi connectivity index (χ3v) is 3.56. The van der Waals surface area contributed by atoms with Gasteiger partial charge in [0.05, 0.1) is 5.41 Å². The Morgan fingerprint density at radius 3 is 2.35 bits per heavy atom. The normalized spacial score (nSPS) is 16.9. The Balaban J connectivity index is 2.34. The third kappa shape index (κ3) is 1.32. The predicted molar refractivity (Wildman–Crippen MR) is 64.2 cm³/mol. The third-order valence-electron chi connectivity index (χ3n) is 3.56. The summed E-state index contributed by atoms with van der Waals surface area (Å²) in [4.78, 5) is 11.4. The molecule has 2 N–H and O–H groups in total. The van der Waals surface area contributed by atoms with Crippen molar-refractivity contribution in [3.63, 3.8) is 0 Å². The first-order chi connectivity index (χ1) is 8.15. The Morgan fingerprint density at radius 2 is 1.76 bits per heavy atom. The zero-order chi connectivity index (χ0) is 12.0. The Kier molecular flexibility index (Phi) is 1.93. The van der Waals surface area contributed by atoms with Crippen molar-refractivity contribution < 1.29 is 15.0 Å². The maximum atomic E-state index is 11.4. The Bertz CT molecular complexity index is 607. The fourth-order valence-corrected chi connectivity index (χ4v) is 2.44. The monoisotopic (exact) mass is 228 g/mol. The number of fused-ring (bicyclic) bond motifs is 1. The number of aromatic hydroxyl groups is 1. The Hall–Kier alpha value is -2.03. The predicted octanol–water partition coefficient (Wildman–Crippen LogP) is 2.66. The van der Waals surface area contributed by atoms with Gasteiger partial charge in [-0.25, -0.2) is 0 Å². The highest BCUT2D eigenvalue weighted by molar-refractivity contribution is 5.98. The van der Waals surface area contributed by atoms with Crippen LogP contribution in [0, 0.1) is 0 Å². The Labute approximate surface area is 98.3 Å². The van der Waals surface area contributed by atoms with Crippen molar-refractivity contribution in [2.45, 2.75) is 18.3 Å². The summed E-state index contributed by atoms with van der Waals surface area (Å²) in [6, 6.07) is 10.8. The molecule has 0 radical (unpaired) electrons. The number of hydrogen-bond donors (Lipinski definition) is 2. The standard InChI is InChI=1S/C14H12O3/c15-11-6-2-4-9-3-1-5-10(12(9)11)14(7-8-14)13(16)17/h1-6,15H,7-8H2,(H,16,17). The zero-order valence-electron chi connectivity index (χ0n) is 9.18. The van der Waals surface area contributed by atoms with Gasteiger partial charge in [0, 0.05) is 5.39 Å². The molecule has 1 saturated carbocycles. The molecule has 1 aliphatic rings. The molecule has 0 aromatic heterocycles. The van der Waals surface area contributed by atoms with E-state index in [0.29, 0.717) is 18.2 Å². The number of hydrogen-bond acceptors (Lipinski definition) is 2. The van der Waals surface area contributed by atoms with E-state index in [4.69, 9.17) is 0 Å². The molecule has 3 nitrogen and oxygen atoms in total. The van der Waals surface area contributed by atoms with Gasteiger partial charge in [-0.05, 0) is 29.9 Å². The largest absolute Gasteiger partial charge is 0.507 e. The second kappa shape index (κ2) is 3.23. The number of carboxylic acid groups (broad SMARTS) is 1. The molecule has 0 saturated heterocycles. The van der Waals surface area contributed by atoms with Gasteiger partial charge in [0.25, 0.3) is 0 Å². The highest BCUT2D eigenvalue weighted by Crippen LogP contribution is 2.51. The Morgan fingerprint density at radius 1 is 1.12 bits per heavy atom. The van der Waals surface area contributed by atoms with E-state index in [1.54, 1.807) is 12.1 Å². The van der Waals surface area contributed by atoms with Crippen LogP contribution in [-0.2, 0) is 10.2 Å². The highest BCUT2D eigenvalue weighted by Gasteiger charge is 2.52. The van der Waals surface area contributed by atoms with E-state index in [9.17, 15) is 15.0 Å². The molecule has 3 rings (SSSR count). The van der Waals surface area contributed by atoms with Crippen LogP contribution >= 0.6 is 0 Å². The van der Waals surface area contributed by atoms with E-state index in [-0.39, 0.29) is 5.75 Å². The minimum Gasteiger partial charge on any atom is -0.507 e. The van der Waals surface area contributed by atoms with Crippen molar-refractivity contribution in [1.29, 1.82) is 0 Å². The van der Waals surface area contributed by atoms with Crippen molar-refractivity contribution in [3.8, 4) is 5.75 Å². The smallest absolute Gasteiger partial charge is 0.314 e. The van der Waals surface area contributed by atoms with Crippen LogP contribution in [0.3, 0.4) is 0 Å². The van der Waals surface area contributed by atoms with E-state index in [2.05, 4.69) is 0 Å². The summed E-state index contributed by atoms with van der Waals surface area (Å²) in [5, 5.41) is 20.8. The van der Waals surface area contributed by atoms with Crippen molar-refractivity contribution in [3.05, 3.63) is 42.0 Å². The SMILES string of the molecule is O=C(O)C1(c2cccc3cccc(O)c23)CC1. The molecule has 2 aromatic carbocycles. The van der Waals surface area contributed by atoms with E-state index in [1.807, 2.05) is 24.3 Å². The molecule has 0 heterocycles.